The molecule has 45 heteroatoms. The van der Waals surface area contributed by atoms with Gasteiger partial charge in [0, 0.05) is 22.1 Å². The second-order valence-corrected chi connectivity index (χ2v) is 23.5. The first-order valence-corrected chi connectivity index (χ1v) is 28.8. The molecule has 6 aromatic rings. The van der Waals surface area contributed by atoms with Gasteiger partial charge in [0.2, 0.25) is 22.3 Å². The third-order valence-electron chi connectivity index (χ3n) is 9.20. The largest absolute Gasteiger partial charge is 1.00 e. The van der Waals surface area contributed by atoms with Crippen LogP contribution in [-0.4, -0.2) is 106 Å². The van der Waals surface area contributed by atoms with Crippen LogP contribution in [0.3, 0.4) is 0 Å². The Kier molecular flexibility index (Phi) is 33.5. The van der Waals surface area contributed by atoms with Gasteiger partial charge in [-0.15, -0.1) is 19.7 Å². The maximum atomic E-state index is 14.7. The maximum absolute atomic E-state index is 14.7. The molecular weight excluding hydrogens is 1280 g/mol. The third-order valence-corrected chi connectivity index (χ3v) is 15.4. The van der Waals surface area contributed by atoms with Crippen molar-refractivity contribution in [1.29, 1.82) is 0 Å². The summed E-state index contributed by atoms with van der Waals surface area (Å²) in [5.74, 6) is -4.43. The summed E-state index contributed by atoms with van der Waals surface area (Å²) in [6, 6.07) is 15.4. The Labute approximate surface area is 578 Å². The molecule has 0 spiro atoms. The van der Waals surface area contributed by atoms with Crippen LogP contribution in [0.15, 0.2) is 125 Å². The van der Waals surface area contributed by atoms with E-state index < -0.39 is 121 Å². The average molecular weight is 1310 g/mol. The second kappa shape index (κ2) is 34.9. The van der Waals surface area contributed by atoms with Crippen LogP contribution in [0.1, 0.15) is 0 Å². The Morgan fingerprint density at radius 1 is 0.617 bits per heavy atom. The molecule has 5 aromatic carbocycles. The first kappa shape index (κ1) is 77.7. The first-order chi connectivity index (χ1) is 35.7. The molecule has 6 rings (SSSR count). The van der Waals surface area contributed by atoms with Gasteiger partial charge in [-0.3, -0.25) is 18.4 Å². The average Bonchev–Trinajstić information content (AvgIpc) is 3.33. The fraction of sp³-hybridized carbons (Fsp3) is 0.139. The van der Waals surface area contributed by atoms with E-state index in [1.807, 2.05) is 0 Å². The van der Waals surface area contributed by atoms with Crippen molar-refractivity contribution >= 4 is 137 Å². The van der Waals surface area contributed by atoms with E-state index in [1.165, 1.54) is 30.3 Å². The fourth-order valence-corrected chi connectivity index (χ4v) is 10.3. The molecule has 32 nitrogen and oxygen atoms in total. The van der Waals surface area contributed by atoms with Crippen molar-refractivity contribution in [3.05, 3.63) is 91.0 Å². The number of rotatable bonds is 27. The molecular formula is C36H28FN10Na5O22S7. The van der Waals surface area contributed by atoms with Gasteiger partial charge in [-0.2, -0.15) is 28.8 Å². The van der Waals surface area contributed by atoms with Crippen LogP contribution in [-0.2, 0) is 77.4 Å². The van der Waals surface area contributed by atoms with Crippen LogP contribution >= 0.6 is 24.4 Å². The molecule has 0 atom stereocenters. The summed E-state index contributed by atoms with van der Waals surface area (Å²) in [5, 5.41) is 62.2. The van der Waals surface area contributed by atoms with Gasteiger partial charge in [-0.25, -0.2) is 42.1 Å². The van der Waals surface area contributed by atoms with Gasteiger partial charge < -0.3 is 45.2 Å². The van der Waals surface area contributed by atoms with Gasteiger partial charge in [0.05, 0.1) is 67.7 Å². The molecule has 0 saturated heterocycles. The van der Waals surface area contributed by atoms with Gasteiger partial charge in [0.1, 0.15) is 43.2 Å². The number of anilines is 5. The molecule has 0 amide bonds. The van der Waals surface area contributed by atoms with E-state index >= 15 is 0 Å². The van der Waals surface area contributed by atoms with Crippen LogP contribution in [0, 0.1) is 6.08 Å². The van der Waals surface area contributed by atoms with E-state index in [0.717, 1.165) is 54.6 Å². The zero-order valence-corrected chi connectivity index (χ0v) is 57.7. The molecule has 0 saturated carbocycles. The number of aromatic nitrogens is 3. The minimum Gasteiger partial charge on any atom is -0.747 e. The smallest absolute Gasteiger partial charge is 0.747 e. The predicted molar refractivity (Wildman–Crippen MR) is 249 cm³/mol. The predicted octanol–water partition coefficient (Wildman–Crippen LogP) is -11.9. The number of sulfone groups is 2. The molecule has 0 fully saturated rings. The molecule has 81 heavy (non-hydrogen) atoms. The number of phenols is 1. The van der Waals surface area contributed by atoms with Crippen molar-refractivity contribution < 1.29 is 251 Å². The van der Waals surface area contributed by atoms with Gasteiger partial charge in [0.15, 0.2) is 37.7 Å². The Hall–Kier alpha value is -1.29. The van der Waals surface area contributed by atoms with Gasteiger partial charge in [0.25, 0.3) is 0 Å². The zero-order valence-electron chi connectivity index (χ0n) is 42.0. The molecule has 0 aliphatic rings. The molecule has 0 unspecified atom stereocenters. The van der Waals surface area contributed by atoms with E-state index in [4.69, 9.17) is 4.18 Å². The van der Waals surface area contributed by atoms with E-state index in [-0.39, 0.29) is 226 Å². The van der Waals surface area contributed by atoms with E-state index in [9.17, 15) is 75.8 Å². The topological polar surface area (TPSA) is 486 Å². The fourth-order valence-electron chi connectivity index (χ4n) is 6.00. The van der Waals surface area contributed by atoms with E-state index in [2.05, 4.69) is 74.3 Å². The molecule has 0 bridgehead atoms. The Bertz CT molecular complexity index is 3770. The van der Waals surface area contributed by atoms with Crippen molar-refractivity contribution in [2.75, 3.05) is 46.5 Å². The number of azo groups is 2. The first-order valence-electron chi connectivity index (χ1n) is 19.8. The van der Waals surface area contributed by atoms with Gasteiger partial charge in [-0.1, -0.05) is 0 Å². The maximum Gasteiger partial charge on any atom is 1.00 e. The number of fused-ring (bicyclic) bond motifs is 1. The summed E-state index contributed by atoms with van der Waals surface area (Å²) in [6.45, 7) is -1.36. The molecule has 0 radical (unpaired) electrons. The van der Waals surface area contributed by atoms with Crippen LogP contribution in [0.4, 0.5) is 56.1 Å². The molecule has 0 aliphatic carbocycles. The quantitative estimate of drug-likeness (QED) is 0.00544. The van der Waals surface area contributed by atoms with Crippen LogP contribution < -0.4 is 174 Å². The number of aromatic hydroxyl groups is 1. The van der Waals surface area contributed by atoms with Crippen LogP contribution in [0.5, 0.6) is 5.75 Å². The molecule has 0 aliphatic heterocycles. The standard InChI is InChI=1S/C36H33FN10O22S7.5Na/c37-34-41-35(39-20-1-6-23(7-2-20)73(53,54)16-14-65-76(61,62)63)43-36(42-34)40-22-5-12-30(75(58,59)60)28(17-22)45-47-32-29(70-68-66-49)18-26-25(33(32)48)10-11-27(38-19-74(55,56)57)31(26)46-44-21-3-8-24(9-4-21)72(51,52)15-13-64-71-69-67-50;;;;;/h1-12,17-18,38,48-50H,13-16,19H2,(H,55,56,57)(H,58,59,60)(H,61,62,63)(H2,39,40,41,42,43);;;;;/q;5*+1/p-5. The number of benzene rings is 5. The number of halogens is 1. The van der Waals surface area contributed by atoms with E-state index in [0.29, 0.717) is 0 Å². The third kappa shape index (κ3) is 24.1. The summed E-state index contributed by atoms with van der Waals surface area (Å²) in [5.41, 5.74) is -1.87. The number of hydrogen-bond donors (Lipinski definition) is 4. The number of nitrogens with zero attached hydrogens (tertiary/aromatic N) is 7. The summed E-state index contributed by atoms with van der Waals surface area (Å²) >= 11 is 0.205. The summed E-state index contributed by atoms with van der Waals surface area (Å²) < 4.78 is 186. The number of nitrogens with one attached hydrogen (secondary N) is 3. The minimum atomic E-state index is -5.36. The Morgan fingerprint density at radius 2 is 1.17 bits per heavy atom. The second-order valence-electron chi connectivity index (χ2n) is 14.2. The SMILES string of the molecule is O=S(=O)([O-])CNc1ccc2c(O)c(N=Nc3cc(Nc4nc(F)nc(Nc5ccc(S(=O)(=O)CCOS(=O)(=O)[O-])cc5)n4)ccc3S(=O)(=O)[O-])c(SOO[O-])cc2c1N=Nc1ccc(S(=O)(=O)CCOSOO[O-])cc1.[Na+].[Na+].[Na+].[Na+].[Na+]. The van der Waals surface area contributed by atoms with Crippen molar-refractivity contribution in [2.24, 2.45) is 20.5 Å². The van der Waals surface area contributed by atoms with E-state index in [1.54, 1.807) is 0 Å². The molecule has 1 heterocycles. The summed E-state index contributed by atoms with van der Waals surface area (Å²) in [4.78, 5) is 9.16. The summed E-state index contributed by atoms with van der Waals surface area (Å²) in [6.07, 6.45) is -1.38. The van der Waals surface area contributed by atoms with Crippen molar-refractivity contribution in [3.8, 4) is 5.75 Å². The van der Waals surface area contributed by atoms with Crippen LogP contribution in [0.25, 0.3) is 10.8 Å². The monoisotopic (exact) mass is 1310 g/mol. The Morgan fingerprint density at radius 3 is 1.74 bits per heavy atom. The van der Waals surface area contributed by atoms with Crippen LogP contribution in [0.2, 0.25) is 0 Å². The summed E-state index contributed by atoms with van der Waals surface area (Å²) in [7, 11) is -23.5. The number of hydrogen-bond acceptors (Lipinski definition) is 34. The van der Waals surface area contributed by atoms with Crippen molar-refractivity contribution in [3.63, 3.8) is 0 Å². The normalized spacial score (nSPS) is 11.9. The Balaban J connectivity index is 0.00000656. The minimum absolute atomic E-state index is 0. The van der Waals surface area contributed by atoms with Crippen molar-refractivity contribution in [2.45, 2.75) is 19.6 Å². The van der Waals surface area contributed by atoms with Crippen molar-refractivity contribution in [1.82, 2.24) is 15.0 Å². The zero-order chi connectivity index (χ0) is 55.5. The molecule has 1 aromatic heterocycles. The van der Waals surface area contributed by atoms with Gasteiger partial charge >= 0.3 is 154 Å². The van der Waals surface area contributed by atoms with Gasteiger partial charge in [-0.05, 0) is 84.9 Å². The molecule has 4 N–H and O–H groups in total. The number of phenolic OH excluding ortho intramolecular Hbond substituents is 1. The molecule has 408 valence electrons.